The van der Waals surface area contributed by atoms with Crippen LogP contribution in [0.4, 0.5) is 10.5 Å². The minimum Gasteiger partial charge on any atom is -0.355 e. The molecular weight excluding hydrogens is 382 g/mol. The van der Waals surface area contributed by atoms with Gasteiger partial charge in [0, 0.05) is 29.2 Å². The molecule has 0 saturated carbocycles. The molecule has 2 atom stereocenters. The van der Waals surface area contributed by atoms with Crippen molar-refractivity contribution in [3.05, 3.63) is 47.3 Å². The Bertz CT molecular complexity index is 1050. The van der Waals surface area contributed by atoms with Gasteiger partial charge < -0.3 is 14.4 Å². The SMILES string of the molecule is Cc1ccc(C)n1-c1ccc2c(c1)CC1(C(=O)NC(=O)NC1=O)[C@@H]1C[NH+](C)CCN21. The first-order chi connectivity index (χ1) is 14.3. The van der Waals surface area contributed by atoms with Crippen LogP contribution in [0, 0.1) is 19.3 Å². The zero-order valence-corrected chi connectivity index (χ0v) is 17.4. The first kappa shape index (κ1) is 18.9. The number of nitrogens with one attached hydrogen (secondary N) is 3. The maximum absolute atomic E-state index is 13.2. The van der Waals surface area contributed by atoms with Gasteiger partial charge in [0.15, 0.2) is 5.41 Å². The second kappa shape index (κ2) is 6.43. The predicted octanol–water partition coefficient (Wildman–Crippen LogP) is -0.294. The van der Waals surface area contributed by atoms with Gasteiger partial charge in [0.05, 0.1) is 26.7 Å². The number of rotatable bonds is 1. The standard InChI is InChI=1S/C22H25N5O3/c1-13-4-5-14(2)27(13)16-6-7-17-15(10-16)11-22(18-12-25(3)8-9-26(17)18)19(28)23-21(30)24-20(22)29/h4-7,10,18H,8-9,11-12H2,1-3H3,(H2,23,24,28,29,30)/p+1/t18-/m0/s1. The second-order valence-electron chi connectivity index (χ2n) is 8.77. The van der Waals surface area contributed by atoms with E-state index in [0.717, 1.165) is 41.4 Å². The molecule has 30 heavy (non-hydrogen) atoms. The van der Waals surface area contributed by atoms with Crippen molar-refractivity contribution in [2.45, 2.75) is 26.3 Å². The van der Waals surface area contributed by atoms with Gasteiger partial charge in [-0.1, -0.05) is 0 Å². The van der Waals surface area contributed by atoms with E-state index in [0.29, 0.717) is 6.54 Å². The second-order valence-corrected chi connectivity index (χ2v) is 8.77. The van der Waals surface area contributed by atoms with Gasteiger partial charge in [0.1, 0.15) is 6.04 Å². The van der Waals surface area contributed by atoms with Gasteiger partial charge >= 0.3 is 6.03 Å². The number of benzene rings is 1. The quantitative estimate of drug-likeness (QED) is 0.566. The number of likely N-dealkylation sites (N-methyl/N-ethyl adjacent to an activating group) is 1. The summed E-state index contributed by atoms with van der Waals surface area (Å²) < 4.78 is 2.16. The molecular formula is C22H26N5O3+. The number of hydrogen-bond acceptors (Lipinski definition) is 4. The van der Waals surface area contributed by atoms with Crippen molar-refractivity contribution in [2.75, 3.05) is 31.6 Å². The zero-order chi connectivity index (χ0) is 21.2. The molecule has 1 aromatic heterocycles. The van der Waals surface area contributed by atoms with Crippen LogP contribution in [0.2, 0.25) is 0 Å². The highest BCUT2D eigenvalue weighted by Gasteiger charge is 2.61. The Kier molecular flexibility index (Phi) is 4.05. The summed E-state index contributed by atoms with van der Waals surface area (Å²) >= 11 is 0. The summed E-state index contributed by atoms with van der Waals surface area (Å²) in [5.41, 5.74) is 3.96. The lowest BCUT2D eigenvalue weighted by Gasteiger charge is -2.52. The molecule has 1 unspecified atom stereocenters. The van der Waals surface area contributed by atoms with Crippen LogP contribution in [0.25, 0.3) is 5.69 Å². The molecule has 2 saturated heterocycles. The molecule has 2 fully saturated rings. The summed E-state index contributed by atoms with van der Waals surface area (Å²) in [6.07, 6.45) is 0.273. The van der Waals surface area contributed by atoms with Crippen LogP contribution in [0.5, 0.6) is 0 Å². The Balaban J connectivity index is 1.67. The third-order valence-electron chi connectivity index (χ3n) is 6.90. The fourth-order valence-electron chi connectivity index (χ4n) is 5.39. The van der Waals surface area contributed by atoms with Crippen molar-refractivity contribution in [1.29, 1.82) is 0 Å². The van der Waals surface area contributed by atoms with Crippen molar-refractivity contribution < 1.29 is 19.3 Å². The molecule has 8 nitrogen and oxygen atoms in total. The maximum Gasteiger partial charge on any atom is 0.328 e. The molecule has 156 valence electrons. The van der Waals surface area contributed by atoms with Gasteiger partial charge in [-0.25, -0.2) is 4.79 Å². The number of aryl methyl sites for hydroxylation is 2. The summed E-state index contributed by atoms with van der Waals surface area (Å²) in [6, 6.07) is 9.39. The van der Waals surface area contributed by atoms with Gasteiger partial charge in [-0.05, 0) is 49.7 Å². The Hall–Kier alpha value is -3.13. The van der Waals surface area contributed by atoms with E-state index in [4.69, 9.17) is 0 Å². The van der Waals surface area contributed by atoms with E-state index in [-0.39, 0.29) is 12.5 Å². The normalized spacial score (nSPS) is 24.9. The van der Waals surface area contributed by atoms with E-state index >= 15 is 0 Å². The van der Waals surface area contributed by atoms with Gasteiger partial charge in [-0.2, -0.15) is 0 Å². The van der Waals surface area contributed by atoms with E-state index in [2.05, 4.69) is 71.3 Å². The lowest BCUT2D eigenvalue weighted by atomic mass is 9.68. The summed E-state index contributed by atoms with van der Waals surface area (Å²) in [5, 5.41) is 4.72. The Labute approximate surface area is 174 Å². The molecule has 3 aliphatic rings. The topological polar surface area (TPSA) is 87.9 Å². The number of hydrogen-bond donors (Lipinski definition) is 3. The number of urea groups is 1. The third-order valence-corrected chi connectivity index (χ3v) is 6.90. The monoisotopic (exact) mass is 408 g/mol. The lowest BCUT2D eigenvalue weighted by Crippen LogP contribution is -3.14. The molecule has 5 rings (SSSR count). The number of carbonyl (C=O) groups is 3. The van der Waals surface area contributed by atoms with Crippen LogP contribution in [-0.4, -0.2) is 55.1 Å². The smallest absolute Gasteiger partial charge is 0.328 e. The predicted molar refractivity (Wildman–Crippen MR) is 111 cm³/mol. The molecule has 1 aromatic carbocycles. The number of anilines is 1. The van der Waals surface area contributed by atoms with E-state index in [9.17, 15) is 14.4 Å². The minimum absolute atomic E-state index is 0.273. The Morgan fingerprint density at radius 2 is 1.70 bits per heavy atom. The highest BCUT2D eigenvalue weighted by atomic mass is 16.2. The number of barbiturate groups is 1. The largest absolute Gasteiger partial charge is 0.355 e. The number of carbonyl (C=O) groups excluding carboxylic acids is 3. The van der Waals surface area contributed by atoms with Gasteiger partial charge in [0.25, 0.3) is 0 Å². The number of piperazine rings is 1. The number of fused-ring (bicyclic) bond motifs is 4. The number of imide groups is 2. The van der Waals surface area contributed by atoms with Crippen LogP contribution < -0.4 is 20.4 Å². The summed E-state index contributed by atoms with van der Waals surface area (Å²) in [7, 11) is 2.07. The average Bonchev–Trinajstić information content (AvgIpc) is 3.03. The maximum atomic E-state index is 13.2. The summed E-state index contributed by atoms with van der Waals surface area (Å²) in [6.45, 7) is 6.44. The van der Waals surface area contributed by atoms with Gasteiger partial charge in [0.2, 0.25) is 11.8 Å². The molecule has 4 heterocycles. The van der Waals surface area contributed by atoms with E-state index in [1.807, 2.05) is 0 Å². The zero-order valence-electron chi connectivity index (χ0n) is 17.4. The van der Waals surface area contributed by atoms with Crippen LogP contribution in [0.3, 0.4) is 0 Å². The van der Waals surface area contributed by atoms with Crippen molar-refractivity contribution in [3.8, 4) is 5.69 Å². The van der Waals surface area contributed by atoms with Crippen molar-refractivity contribution in [2.24, 2.45) is 5.41 Å². The Morgan fingerprint density at radius 1 is 1.03 bits per heavy atom. The molecule has 8 heteroatoms. The summed E-state index contributed by atoms with van der Waals surface area (Å²) in [4.78, 5) is 41.5. The van der Waals surface area contributed by atoms with Crippen molar-refractivity contribution in [3.63, 3.8) is 0 Å². The van der Waals surface area contributed by atoms with Crippen molar-refractivity contribution in [1.82, 2.24) is 15.2 Å². The highest BCUT2D eigenvalue weighted by molar-refractivity contribution is 6.20. The van der Waals surface area contributed by atoms with Gasteiger partial charge in [-0.15, -0.1) is 0 Å². The molecule has 4 amide bonds. The molecule has 3 aliphatic heterocycles. The van der Waals surface area contributed by atoms with E-state index in [1.54, 1.807) is 0 Å². The number of amides is 4. The molecule has 0 bridgehead atoms. The van der Waals surface area contributed by atoms with Crippen LogP contribution in [-0.2, 0) is 16.0 Å². The van der Waals surface area contributed by atoms with Crippen LogP contribution in [0.15, 0.2) is 30.3 Å². The highest BCUT2D eigenvalue weighted by Crippen LogP contribution is 2.43. The molecule has 0 aliphatic carbocycles. The third kappa shape index (κ3) is 2.53. The van der Waals surface area contributed by atoms with Crippen molar-refractivity contribution >= 4 is 23.5 Å². The number of quaternary nitrogens is 1. The average molecular weight is 408 g/mol. The number of nitrogens with zero attached hydrogens (tertiary/aromatic N) is 2. The fraction of sp³-hybridized carbons (Fsp3) is 0.409. The molecule has 1 spiro atoms. The molecule has 0 radical (unpaired) electrons. The number of aromatic nitrogens is 1. The summed E-state index contributed by atoms with van der Waals surface area (Å²) in [5.74, 6) is -0.990. The van der Waals surface area contributed by atoms with E-state index in [1.165, 1.54) is 4.90 Å². The van der Waals surface area contributed by atoms with Crippen LogP contribution >= 0.6 is 0 Å². The van der Waals surface area contributed by atoms with Gasteiger partial charge in [-0.3, -0.25) is 20.2 Å². The molecule has 2 aromatic rings. The first-order valence-corrected chi connectivity index (χ1v) is 10.3. The molecule has 3 N–H and O–H groups in total. The minimum atomic E-state index is -1.32. The lowest BCUT2D eigenvalue weighted by molar-refractivity contribution is -0.883. The first-order valence-electron chi connectivity index (χ1n) is 10.3. The fourth-order valence-corrected chi connectivity index (χ4v) is 5.39. The Morgan fingerprint density at radius 3 is 2.37 bits per heavy atom. The van der Waals surface area contributed by atoms with E-state index < -0.39 is 23.3 Å². The van der Waals surface area contributed by atoms with Crippen LogP contribution in [0.1, 0.15) is 17.0 Å².